The number of anilines is 1. The molecular formula is C25H27N3O6. The number of carbonyl (C=O) groups excluding carboxylic acids is 1. The quantitative estimate of drug-likeness (QED) is 0.349. The topological polar surface area (TPSA) is 104 Å². The summed E-state index contributed by atoms with van der Waals surface area (Å²) in [6.07, 6.45) is 3.38. The maximum atomic E-state index is 12.7. The second kappa shape index (κ2) is 12.2. The lowest BCUT2D eigenvalue weighted by atomic mass is 10.1. The van der Waals surface area contributed by atoms with Gasteiger partial charge in [-0.15, -0.1) is 0 Å². The van der Waals surface area contributed by atoms with Crippen molar-refractivity contribution in [2.24, 2.45) is 0 Å². The summed E-state index contributed by atoms with van der Waals surface area (Å²) in [6, 6.07) is 8.73. The van der Waals surface area contributed by atoms with Gasteiger partial charge in [0.15, 0.2) is 11.5 Å². The highest BCUT2D eigenvalue weighted by Gasteiger charge is 2.13. The summed E-state index contributed by atoms with van der Waals surface area (Å²) in [4.78, 5) is 20.0. The van der Waals surface area contributed by atoms with E-state index in [1.54, 1.807) is 36.7 Å². The minimum Gasteiger partial charge on any atom is -0.493 e. The van der Waals surface area contributed by atoms with Crippen molar-refractivity contribution in [3.05, 3.63) is 48.3 Å². The molecule has 0 saturated heterocycles. The van der Waals surface area contributed by atoms with Gasteiger partial charge in [-0.25, -0.2) is 4.98 Å². The van der Waals surface area contributed by atoms with Gasteiger partial charge >= 0.3 is 5.91 Å². The van der Waals surface area contributed by atoms with Crippen LogP contribution < -0.4 is 24.3 Å². The Kier molecular flexibility index (Phi) is 8.77. The Morgan fingerprint density at radius 2 is 1.79 bits per heavy atom. The zero-order chi connectivity index (χ0) is 24.3. The molecule has 0 fully saturated rings. The lowest BCUT2D eigenvalue weighted by Gasteiger charge is -2.13. The number of benzene rings is 2. The third-order valence-electron chi connectivity index (χ3n) is 4.67. The Morgan fingerprint density at radius 3 is 2.41 bits per heavy atom. The lowest BCUT2D eigenvalue weighted by Crippen LogP contribution is -2.12. The predicted octanol–water partition coefficient (Wildman–Crippen LogP) is 3.51. The van der Waals surface area contributed by atoms with E-state index in [9.17, 15) is 4.79 Å². The molecular weight excluding hydrogens is 438 g/mol. The monoisotopic (exact) mass is 465 g/mol. The molecule has 178 valence electrons. The molecule has 0 aliphatic carbocycles. The summed E-state index contributed by atoms with van der Waals surface area (Å²) in [5.74, 6) is 7.41. The first kappa shape index (κ1) is 24.5. The van der Waals surface area contributed by atoms with Crippen molar-refractivity contribution >= 4 is 11.6 Å². The van der Waals surface area contributed by atoms with Crippen molar-refractivity contribution in [2.45, 2.75) is 6.92 Å². The van der Waals surface area contributed by atoms with Crippen LogP contribution in [0, 0.1) is 11.8 Å². The van der Waals surface area contributed by atoms with E-state index in [-0.39, 0.29) is 0 Å². The van der Waals surface area contributed by atoms with Gasteiger partial charge in [0.2, 0.25) is 5.75 Å². The number of aromatic nitrogens is 2. The van der Waals surface area contributed by atoms with Crippen LogP contribution in [-0.4, -0.2) is 57.0 Å². The Hall–Kier alpha value is -4.16. The number of amides is 1. The number of carbonyl (C=O) groups is 1. The smallest absolute Gasteiger partial charge is 0.300 e. The normalized spacial score (nSPS) is 10.1. The molecule has 0 spiro atoms. The van der Waals surface area contributed by atoms with E-state index >= 15 is 0 Å². The number of nitrogens with zero attached hydrogens (tertiary/aromatic N) is 1. The van der Waals surface area contributed by atoms with Gasteiger partial charge in [-0.1, -0.05) is 5.92 Å². The molecule has 0 bridgehead atoms. The van der Waals surface area contributed by atoms with E-state index in [2.05, 4.69) is 27.1 Å². The predicted molar refractivity (Wildman–Crippen MR) is 128 cm³/mol. The van der Waals surface area contributed by atoms with Crippen LogP contribution in [0.15, 0.2) is 42.7 Å². The van der Waals surface area contributed by atoms with E-state index in [1.807, 2.05) is 13.0 Å². The molecule has 0 saturated carbocycles. The van der Waals surface area contributed by atoms with Crippen molar-refractivity contribution in [2.75, 3.05) is 46.5 Å². The van der Waals surface area contributed by atoms with Crippen molar-refractivity contribution in [1.82, 2.24) is 9.97 Å². The Labute approximate surface area is 198 Å². The lowest BCUT2D eigenvalue weighted by molar-refractivity contribution is -0.111. The first-order valence-electron chi connectivity index (χ1n) is 10.6. The summed E-state index contributed by atoms with van der Waals surface area (Å²) < 4.78 is 27.1. The summed E-state index contributed by atoms with van der Waals surface area (Å²) in [5.41, 5.74) is 1.78. The van der Waals surface area contributed by atoms with Gasteiger partial charge < -0.3 is 34.0 Å². The van der Waals surface area contributed by atoms with Gasteiger partial charge in [-0.3, -0.25) is 4.79 Å². The van der Waals surface area contributed by atoms with Gasteiger partial charge in [0.05, 0.1) is 33.6 Å². The molecule has 0 aliphatic rings. The average Bonchev–Trinajstić information content (AvgIpc) is 3.40. The van der Waals surface area contributed by atoms with Crippen LogP contribution in [0.1, 0.15) is 12.5 Å². The van der Waals surface area contributed by atoms with Crippen LogP contribution in [0.2, 0.25) is 0 Å². The third-order valence-corrected chi connectivity index (χ3v) is 4.67. The van der Waals surface area contributed by atoms with Crippen LogP contribution in [0.25, 0.3) is 11.4 Å². The highest BCUT2D eigenvalue weighted by atomic mass is 16.5. The van der Waals surface area contributed by atoms with Gasteiger partial charge in [-0.05, 0) is 37.3 Å². The molecule has 0 unspecified atom stereocenters. The average molecular weight is 466 g/mol. The minimum absolute atomic E-state index is 0.341. The first-order chi connectivity index (χ1) is 16.6. The van der Waals surface area contributed by atoms with Crippen LogP contribution >= 0.6 is 0 Å². The molecule has 2 aromatic carbocycles. The molecule has 9 nitrogen and oxygen atoms in total. The molecule has 3 aromatic rings. The zero-order valence-electron chi connectivity index (χ0n) is 19.6. The molecule has 0 aliphatic heterocycles. The number of hydrogen-bond acceptors (Lipinski definition) is 7. The third kappa shape index (κ3) is 6.21. The minimum atomic E-state index is -0.514. The number of ether oxygens (including phenoxy) is 5. The number of imidazole rings is 1. The highest BCUT2D eigenvalue weighted by molar-refractivity contribution is 6.05. The fraction of sp³-hybridized carbons (Fsp3) is 0.280. The van der Waals surface area contributed by atoms with Crippen LogP contribution in [-0.2, 0) is 9.53 Å². The summed E-state index contributed by atoms with van der Waals surface area (Å²) in [7, 11) is 4.55. The first-order valence-corrected chi connectivity index (χ1v) is 10.6. The van der Waals surface area contributed by atoms with Crippen molar-refractivity contribution < 1.29 is 28.5 Å². The molecule has 3 rings (SSSR count). The van der Waals surface area contributed by atoms with E-state index in [1.165, 1.54) is 21.3 Å². The highest BCUT2D eigenvalue weighted by Crippen LogP contribution is 2.38. The van der Waals surface area contributed by atoms with Crippen LogP contribution in [0.3, 0.4) is 0 Å². The molecule has 9 heteroatoms. The second-order valence-electron chi connectivity index (χ2n) is 6.81. The standard InChI is InChI=1S/C25H27N3O6/c1-5-33-12-13-34-20-8-7-18(25-26-10-11-27-25)16-19(20)28-23(29)9-6-17-14-21(30-2)24(32-4)22(15-17)31-3/h7-8,10-11,14-16H,5,12-13H2,1-4H3,(H,26,27)(H,28,29). The van der Waals surface area contributed by atoms with E-state index < -0.39 is 5.91 Å². The molecule has 1 aromatic heterocycles. The van der Waals surface area contributed by atoms with Gasteiger partial charge in [0.25, 0.3) is 0 Å². The van der Waals surface area contributed by atoms with Crippen molar-refractivity contribution in [3.63, 3.8) is 0 Å². The number of nitrogens with one attached hydrogen (secondary N) is 2. The molecule has 2 N–H and O–H groups in total. The molecule has 0 radical (unpaired) electrons. The number of aromatic amines is 1. The maximum Gasteiger partial charge on any atom is 0.300 e. The number of H-pyrrole nitrogens is 1. The summed E-state index contributed by atoms with van der Waals surface area (Å²) in [5, 5.41) is 2.80. The zero-order valence-corrected chi connectivity index (χ0v) is 19.6. The Balaban J connectivity index is 1.83. The van der Waals surface area contributed by atoms with Crippen LogP contribution in [0.4, 0.5) is 5.69 Å². The fourth-order valence-electron chi connectivity index (χ4n) is 3.11. The SMILES string of the molecule is CCOCCOc1ccc(-c2ncc[nH]2)cc1NC(=O)C#Cc1cc(OC)c(OC)c(OC)c1. The molecule has 1 amide bonds. The van der Waals surface area contributed by atoms with Crippen LogP contribution in [0.5, 0.6) is 23.0 Å². The number of rotatable bonds is 10. The van der Waals surface area contributed by atoms with Gasteiger partial charge in [-0.2, -0.15) is 0 Å². The number of hydrogen-bond donors (Lipinski definition) is 2. The maximum absolute atomic E-state index is 12.7. The number of methoxy groups -OCH3 is 3. The molecule has 34 heavy (non-hydrogen) atoms. The van der Waals surface area contributed by atoms with E-state index in [0.29, 0.717) is 59.9 Å². The Morgan fingerprint density at radius 1 is 1.03 bits per heavy atom. The van der Waals surface area contributed by atoms with Gasteiger partial charge in [0, 0.05) is 36.0 Å². The molecule has 1 heterocycles. The van der Waals surface area contributed by atoms with E-state index in [4.69, 9.17) is 23.7 Å². The Bertz CT molecular complexity index is 1140. The fourth-order valence-corrected chi connectivity index (χ4v) is 3.11. The van der Waals surface area contributed by atoms with Gasteiger partial charge in [0.1, 0.15) is 18.2 Å². The summed E-state index contributed by atoms with van der Waals surface area (Å²) >= 11 is 0. The van der Waals surface area contributed by atoms with Crippen molar-refractivity contribution in [1.29, 1.82) is 0 Å². The molecule has 0 atom stereocenters. The largest absolute Gasteiger partial charge is 0.493 e. The van der Waals surface area contributed by atoms with Crippen molar-refractivity contribution in [3.8, 4) is 46.2 Å². The summed E-state index contributed by atoms with van der Waals surface area (Å²) in [6.45, 7) is 3.29. The van der Waals surface area contributed by atoms with E-state index in [0.717, 1.165) is 5.56 Å². The second-order valence-corrected chi connectivity index (χ2v) is 6.81.